The van der Waals surface area contributed by atoms with Crippen molar-refractivity contribution in [2.75, 3.05) is 24.7 Å². The molecule has 6 atom stereocenters. The van der Waals surface area contributed by atoms with E-state index in [1.54, 1.807) is 35.2 Å². The summed E-state index contributed by atoms with van der Waals surface area (Å²) >= 11 is 6.47. The standard InChI is InChI=1S/C27H31ClN2O6/c1-3-17(16-31)30-22-24(33)29(19-11-6-5-10-18(19)28)14-9-13-27(22)20(23(30)32)21-25(34)35-15-8-7-12-26(21,4-2)36-27/h5-7,9-13,17,20-22,31H,3-4,8,14-16H2,1-2H3/t17-,20-,21-,22?,26+,27-/m0/s1. The Hall–Kier alpha value is -2.68. The topological polar surface area (TPSA) is 96.4 Å². The predicted molar refractivity (Wildman–Crippen MR) is 133 cm³/mol. The third kappa shape index (κ3) is 3.45. The van der Waals surface area contributed by atoms with Crippen molar-refractivity contribution in [2.24, 2.45) is 11.8 Å². The van der Waals surface area contributed by atoms with E-state index in [2.05, 4.69) is 0 Å². The molecule has 4 aliphatic heterocycles. The minimum Gasteiger partial charge on any atom is -0.465 e. The SMILES string of the molecule is CC[C@@H](CO)N1C(=O)[C@@H]2[C@H]3C(=O)OCCC=C[C@@]3(CC)O[C@@]23C=CCN(c2ccccc2Cl)C(=O)C13. The van der Waals surface area contributed by atoms with E-state index in [1.807, 2.05) is 32.1 Å². The number of aliphatic hydroxyl groups excluding tert-OH is 1. The highest BCUT2D eigenvalue weighted by Gasteiger charge is 2.75. The van der Waals surface area contributed by atoms with Crippen LogP contribution in [0.25, 0.3) is 0 Å². The van der Waals surface area contributed by atoms with Crippen LogP contribution in [0.15, 0.2) is 48.6 Å². The van der Waals surface area contributed by atoms with Crippen molar-refractivity contribution >= 4 is 35.1 Å². The summed E-state index contributed by atoms with van der Waals surface area (Å²) in [4.78, 5) is 44.9. The summed E-state index contributed by atoms with van der Waals surface area (Å²) in [5.74, 6) is -3.13. The zero-order chi connectivity index (χ0) is 25.7. The molecular formula is C27H31ClN2O6. The van der Waals surface area contributed by atoms with E-state index in [4.69, 9.17) is 21.1 Å². The molecule has 8 nitrogen and oxygen atoms in total. The van der Waals surface area contributed by atoms with Crippen LogP contribution in [0.1, 0.15) is 33.1 Å². The second kappa shape index (κ2) is 9.32. The van der Waals surface area contributed by atoms with Crippen LogP contribution in [0.2, 0.25) is 5.02 Å². The lowest BCUT2D eigenvalue weighted by molar-refractivity contribution is -0.161. The zero-order valence-corrected chi connectivity index (χ0v) is 21.2. The van der Waals surface area contributed by atoms with E-state index in [0.717, 1.165) is 0 Å². The molecule has 1 unspecified atom stereocenters. The molecule has 0 aromatic heterocycles. The molecule has 5 rings (SSSR count). The van der Waals surface area contributed by atoms with E-state index in [0.29, 0.717) is 30.0 Å². The van der Waals surface area contributed by atoms with E-state index in [9.17, 15) is 19.5 Å². The molecule has 36 heavy (non-hydrogen) atoms. The van der Waals surface area contributed by atoms with Gasteiger partial charge in [0.25, 0.3) is 5.91 Å². The third-order valence-electron chi connectivity index (χ3n) is 8.06. The number of nitrogens with zero attached hydrogens (tertiary/aromatic N) is 2. The first kappa shape index (κ1) is 25.0. The van der Waals surface area contributed by atoms with Gasteiger partial charge in [-0.25, -0.2) is 0 Å². The fourth-order valence-corrected chi connectivity index (χ4v) is 6.60. The number of aliphatic hydroxyl groups is 1. The minimum atomic E-state index is -1.40. The molecule has 2 saturated heterocycles. The van der Waals surface area contributed by atoms with Crippen molar-refractivity contribution in [1.29, 1.82) is 0 Å². The molecule has 0 saturated carbocycles. The Morgan fingerprint density at radius 2 is 1.89 bits per heavy atom. The first-order valence-corrected chi connectivity index (χ1v) is 12.9. The Bertz CT molecular complexity index is 1130. The highest BCUT2D eigenvalue weighted by atomic mass is 35.5. The molecular weight excluding hydrogens is 484 g/mol. The van der Waals surface area contributed by atoms with Gasteiger partial charge in [-0.15, -0.1) is 0 Å². The van der Waals surface area contributed by atoms with Gasteiger partial charge >= 0.3 is 5.97 Å². The molecule has 0 aliphatic carbocycles. The molecule has 1 aromatic carbocycles. The summed E-state index contributed by atoms with van der Waals surface area (Å²) in [5.41, 5.74) is -1.97. The smallest absolute Gasteiger partial charge is 0.313 e. The van der Waals surface area contributed by atoms with Gasteiger partial charge in [-0.1, -0.05) is 61.9 Å². The van der Waals surface area contributed by atoms with Crippen molar-refractivity contribution in [3.05, 3.63) is 53.6 Å². The number of esters is 1. The van der Waals surface area contributed by atoms with Gasteiger partial charge in [0.2, 0.25) is 5.91 Å². The average Bonchev–Trinajstić information content (AvgIpc) is 3.22. The predicted octanol–water partition coefficient (Wildman–Crippen LogP) is 2.88. The number of amides is 2. The van der Waals surface area contributed by atoms with Gasteiger partial charge in [0.05, 0.1) is 35.9 Å². The number of carbonyl (C=O) groups is 3. The second-order valence-electron chi connectivity index (χ2n) is 9.77. The van der Waals surface area contributed by atoms with Crippen LogP contribution in [0.3, 0.4) is 0 Å². The first-order chi connectivity index (χ1) is 17.3. The number of hydrogen-bond donors (Lipinski definition) is 1. The van der Waals surface area contributed by atoms with Crippen LogP contribution in [-0.4, -0.2) is 70.8 Å². The minimum absolute atomic E-state index is 0.218. The van der Waals surface area contributed by atoms with Gasteiger partial charge in [0, 0.05) is 6.54 Å². The second-order valence-corrected chi connectivity index (χ2v) is 10.2. The summed E-state index contributed by atoms with van der Waals surface area (Å²) in [6.07, 6.45) is 8.78. The molecule has 4 aliphatic rings. The number of halogens is 1. The average molecular weight is 515 g/mol. The number of rotatable bonds is 5. The van der Waals surface area contributed by atoms with Gasteiger partial charge in [0.1, 0.15) is 23.2 Å². The molecule has 2 amide bonds. The Morgan fingerprint density at radius 3 is 2.58 bits per heavy atom. The van der Waals surface area contributed by atoms with Crippen molar-refractivity contribution in [2.45, 2.75) is 56.4 Å². The highest BCUT2D eigenvalue weighted by molar-refractivity contribution is 6.34. The number of likely N-dealkylation sites (tertiary alicyclic amines) is 1. The lowest BCUT2D eigenvalue weighted by Gasteiger charge is -2.40. The normalized spacial score (nSPS) is 34.4. The van der Waals surface area contributed by atoms with Gasteiger partial charge in [0.15, 0.2) is 0 Å². The number of anilines is 1. The lowest BCUT2D eigenvalue weighted by atomic mass is 9.73. The fourth-order valence-electron chi connectivity index (χ4n) is 6.36. The Morgan fingerprint density at radius 1 is 1.11 bits per heavy atom. The number of hydrogen-bond acceptors (Lipinski definition) is 6. The van der Waals surface area contributed by atoms with Crippen molar-refractivity contribution < 1.29 is 29.0 Å². The largest absolute Gasteiger partial charge is 0.465 e. The monoisotopic (exact) mass is 514 g/mol. The molecule has 1 N–H and O–H groups in total. The number of ether oxygens (including phenoxy) is 2. The molecule has 4 heterocycles. The molecule has 0 radical (unpaired) electrons. The van der Waals surface area contributed by atoms with Crippen LogP contribution < -0.4 is 4.90 Å². The number of carbonyl (C=O) groups excluding carboxylic acids is 3. The molecule has 0 bridgehead atoms. The summed E-state index contributed by atoms with van der Waals surface area (Å²) in [6, 6.07) is 5.34. The van der Waals surface area contributed by atoms with Crippen LogP contribution in [0, 0.1) is 11.8 Å². The number of benzene rings is 1. The Labute approximate surface area is 215 Å². The van der Waals surface area contributed by atoms with Gasteiger partial charge in [-0.2, -0.15) is 0 Å². The van der Waals surface area contributed by atoms with Crippen molar-refractivity contribution in [1.82, 2.24) is 4.90 Å². The molecule has 192 valence electrons. The third-order valence-corrected chi connectivity index (χ3v) is 8.38. The summed E-state index contributed by atoms with van der Waals surface area (Å²) in [6.45, 7) is 3.87. The summed E-state index contributed by atoms with van der Waals surface area (Å²) in [5, 5.41) is 10.6. The molecule has 1 spiro atoms. The van der Waals surface area contributed by atoms with Gasteiger partial charge in [-0.05, 0) is 31.4 Å². The fraction of sp³-hybridized carbons (Fsp3) is 0.519. The number of para-hydroxylation sites is 1. The van der Waals surface area contributed by atoms with Crippen molar-refractivity contribution in [3.8, 4) is 0 Å². The maximum Gasteiger partial charge on any atom is 0.313 e. The molecule has 2 fully saturated rings. The van der Waals surface area contributed by atoms with Crippen LogP contribution in [-0.2, 0) is 23.9 Å². The van der Waals surface area contributed by atoms with Crippen LogP contribution in [0.5, 0.6) is 0 Å². The van der Waals surface area contributed by atoms with E-state index < -0.39 is 41.1 Å². The van der Waals surface area contributed by atoms with E-state index in [-0.39, 0.29) is 31.6 Å². The summed E-state index contributed by atoms with van der Waals surface area (Å²) < 4.78 is 12.4. The van der Waals surface area contributed by atoms with Gasteiger partial charge in [-0.3, -0.25) is 14.4 Å². The zero-order valence-electron chi connectivity index (χ0n) is 20.4. The Kier molecular flexibility index (Phi) is 6.47. The highest BCUT2D eigenvalue weighted by Crippen LogP contribution is 2.58. The van der Waals surface area contributed by atoms with Gasteiger partial charge < -0.3 is 24.4 Å². The summed E-state index contributed by atoms with van der Waals surface area (Å²) in [7, 11) is 0. The maximum absolute atomic E-state index is 14.4. The van der Waals surface area contributed by atoms with Crippen LogP contribution in [0.4, 0.5) is 5.69 Å². The number of cyclic esters (lactones) is 1. The Balaban J connectivity index is 1.71. The molecule has 1 aromatic rings. The van der Waals surface area contributed by atoms with E-state index in [1.165, 1.54) is 4.90 Å². The lowest BCUT2D eigenvalue weighted by Crippen LogP contribution is -2.59. The van der Waals surface area contributed by atoms with E-state index >= 15 is 0 Å². The molecule has 9 heteroatoms. The maximum atomic E-state index is 14.4. The first-order valence-electron chi connectivity index (χ1n) is 12.6. The quantitative estimate of drug-likeness (QED) is 0.479. The van der Waals surface area contributed by atoms with Crippen molar-refractivity contribution in [3.63, 3.8) is 0 Å². The number of fused-ring (bicyclic) bond motifs is 2. The van der Waals surface area contributed by atoms with Crippen LogP contribution >= 0.6 is 11.6 Å².